The zero-order valence-electron chi connectivity index (χ0n) is 11.3. The van der Waals surface area contributed by atoms with Gasteiger partial charge in [0.2, 0.25) is 0 Å². The lowest BCUT2D eigenvalue weighted by Crippen LogP contribution is -2.23. The van der Waals surface area contributed by atoms with Crippen molar-refractivity contribution in [2.45, 2.75) is 13.8 Å². The summed E-state index contributed by atoms with van der Waals surface area (Å²) >= 11 is 0. The molecule has 0 aromatic heterocycles. The van der Waals surface area contributed by atoms with Gasteiger partial charge in [-0.1, -0.05) is 30.8 Å². The molecule has 19 heavy (non-hydrogen) atoms. The topological polar surface area (TPSA) is 20.3 Å². The monoisotopic (exact) mass is 251 g/mol. The summed E-state index contributed by atoms with van der Waals surface area (Å²) in [6.07, 6.45) is 1.34. The second-order valence-electron chi connectivity index (χ2n) is 4.56. The van der Waals surface area contributed by atoms with Gasteiger partial charge in [-0.25, -0.2) is 0 Å². The lowest BCUT2D eigenvalue weighted by molar-refractivity contribution is -0.113. The largest absolute Gasteiger partial charge is 0.278 e. The molecule has 2 aromatic carbocycles. The molecule has 2 rings (SSSR count). The van der Waals surface area contributed by atoms with E-state index in [-0.39, 0.29) is 5.91 Å². The fraction of sp³-hybridized carbons (Fsp3) is 0.118. The lowest BCUT2D eigenvalue weighted by atomic mass is 10.1. The van der Waals surface area contributed by atoms with E-state index in [0.717, 1.165) is 22.5 Å². The molecule has 96 valence electrons. The Kier molecular flexibility index (Phi) is 3.81. The van der Waals surface area contributed by atoms with Gasteiger partial charge in [-0.2, -0.15) is 0 Å². The Hall–Kier alpha value is -2.35. The van der Waals surface area contributed by atoms with Gasteiger partial charge in [-0.3, -0.25) is 9.69 Å². The molecule has 2 heteroatoms. The van der Waals surface area contributed by atoms with Crippen LogP contribution in [-0.2, 0) is 4.79 Å². The third kappa shape index (κ3) is 2.91. The SMILES string of the molecule is C=CC(=O)N(c1cccc(C)c1)c1cccc(C)c1. The summed E-state index contributed by atoms with van der Waals surface area (Å²) in [5.41, 5.74) is 3.95. The quantitative estimate of drug-likeness (QED) is 0.750. The van der Waals surface area contributed by atoms with Crippen molar-refractivity contribution < 1.29 is 4.79 Å². The van der Waals surface area contributed by atoms with E-state index in [2.05, 4.69) is 6.58 Å². The Balaban J connectivity index is 2.53. The molecule has 0 aliphatic rings. The normalized spacial score (nSPS) is 10.0. The fourth-order valence-corrected chi connectivity index (χ4v) is 2.03. The summed E-state index contributed by atoms with van der Waals surface area (Å²) in [4.78, 5) is 13.8. The zero-order chi connectivity index (χ0) is 13.8. The predicted octanol–water partition coefficient (Wildman–Crippen LogP) is 4.15. The summed E-state index contributed by atoms with van der Waals surface area (Å²) in [6.45, 7) is 7.61. The number of rotatable bonds is 3. The van der Waals surface area contributed by atoms with Gasteiger partial charge in [0.05, 0.1) is 0 Å². The van der Waals surface area contributed by atoms with Gasteiger partial charge in [0.25, 0.3) is 5.91 Å². The number of anilines is 2. The van der Waals surface area contributed by atoms with E-state index in [1.54, 1.807) is 4.90 Å². The number of amides is 1. The Labute approximate surface area is 114 Å². The van der Waals surface area contributed by atoms with Gasteiger partial charge in [0.15, 0.2) is 0 Å². The second kappa shape index (κ2) is 5.53. The van der Waals surface area contributed by atoms with Crippen LogP contribution in [0.25, 0.3) is 0 Å². The molecule has 0 aliphatic carbocycles. The highest BCUT2D eigenvalue weighted by Crippen LogP contribution is 2.27. The van der Waals surface area contributed by atoms with E-state index in [4.69, 9.17) is 0 Å². The molecule has 0 spiro atoms. The van der Waals surface area contributed by atoms with E-state index in [1.165, 1.54) is 6.08 Å². The van der Waals surface area contributed by atoms with Gasteiger partial charge in [-0.05, 0) is 55.3 Å². The van der Waals surface area contributed by atoms with E-state index in [1.807, 2.05) is 62.4 Å². The summed E-state index contributed by atoms with van der Waals surface area (Å²) in [6, 6.07) is 15.8. The van der Waals surface area contributed by atoms with Crippen LogP contribution in [0.1, 0.15) is 11.1 Å². The molecular weight excluding hydrogens is 234 g/mol. The molecule has 2 nitrogen and oxygen atoms in total. The third-order valence-electron chi connectivity index (χ3n) is 2.91. The molecule has 0 saturated carbocycles. The summed E-state index contributed by atoms with van der Waals surface area (Å²) < 4.78 is 0. The Morgan fingerprint density at radius 2 is 1.47 bits per heavy atom. The molecule has 2 aromatic rings. The first-order valence-corrected chi connectivity index (χ1v) is 6.21. The van der Waals surface area contributed by atoms with Crippen LogP contribution in [0.4, 0.5) is 11.4 Å². The van der Waals surface area contributed by atoms with Gasteiger partial charge in [0.1, 0.15) is 0 Å². The fourth-order valence-electron chi connectivity index (χ4n) is 2.03. The smallest absolute Gasteiger partial charge is 0.254 e. The average Bonchev–Trinajstić information content (AvgIpc) is 2.39. The first kappa shape index (κ1) is 13.1. The maximum Gasteiger partial charge on any atom is 0.254 e. The lowest BCUT2D eigenvalue weighted by Gasteiger charge is -2.22. The molecule has 0 N–H and O–H groups in total. The molecular formula is C17H17NO. The van der Waals surface area contributed by atoms with Crippen molar-refractivity contribution in [3.8, 4) is 0 Å². The molecule has 1 amide bonds. The second-order valence-corrected chi connectivity index (χ2v) is 4.56. The number of hydrogen-bond acceptors (Lipinski definition) is 1. The van der Waals surface area contributed by atoms with Crippen molar-refractivity contribution in [2.24, 2.45) is 0 Å². The highest BCUT2D eigenvalue weighted by molar-refractivity contribution is 6.06. The van der Waals surface area contributed by atoms with Crippen LogP contribution >= 0.6 is 0 Å². The molecule has 0 atom stereocenters. The van der Waals surface area contributed by atoms with E-state index >= 15 is 0 Å². The minimum atomic E-state index is -0.129. The van der Waals surface area contributed by atoms with Crippen LogP contribution in [0.15, 0.2) is 61.2 Å². The number of nitrogens with zero attached hydrogens (tertiary/aromatic N) is 1. The number of hydrogen-bond donors (Lipinski definition) is 0. The van der Waals surface area contributed by atoms with Crippen molar-refractivity contribution in [1.82, 2.24) is 0 Å². The molecule has 0 saturated heterocycles. The van der Waals surface area contributed by atoms with Crippen LogP contribution in [-0.4, -0.2) is 5.91 Å². The third-order valence-corrected chi connectivity index (χ3v) is 2.91. The van der Waals surface area contributed by atoms with Crippen molar-refractivity contribution >= 4 is 17.3 Å². The standard InChI is InChI=1S/C17H17NO/c1-4-17(19)18(15-9-5-7-13(2)11-15)16-10-6-8-14(3)12-16/h4-12H,1H2,2-3H3. The molecule has 0 aliphatic heterocycles. The highest BCUT2D eigenvalue weighted by atomic mass is 16.2. The number of carbonyl (C=O) groups excluding carboxylic acids is 1. The van der Waals surface area contributed by atoms with Crippen molar-refractivity contribution in [2.75, 3.05) is 4.90 Å². The molecule has 0 radical (unpaired) electrons. The molecule has 0 bridgehead atoms. The van der Waals surface area contributed by atoms with Gasteiger partial charge in [-0.15, -0.1) is 0 Å². The number of carbonyl (C=O) groups is 1. The first-order valence-electron chi connectivity index (χ1n) is 6.21. The predicted molar refractivity (Wildman–Crippen MR) is 79.7 cm³/mol. The molecule has 0 heterocycles. The summed E-state index contributed by atoms with van der Waals surface area (Å²) in [7, 11) is 0. The first-order chi connectivity index (χ1) is 9.11. The van der Waals surface area contributed by atoms with Crippen LogP contribution < -0.4 is 4.90 Å². The van der Waals surface area contributed by atoms with Crippen LogP contribution in [0, 0.1) is 13.8 Å². The average molecular weight is 251 g/mol. The van der Waals surface area contributed by atoms with Crippen molar-refractivity contribution in [3.05, 3.63) is 72.3 Å². The number of benzene rings is 2. The van der Waals surface area contributed by atoms with Gasteiger partial charge in [0, 0.05) is 11.4 Å². The molecule has 0 unspecified atom stereocenters. The Morgan fingerprint density at radius 1 is 1.00 bits per heavy atom. The maximum absolute atomic E-state index is 12.1. The minimum absolute atomic E-state index is 0.129. The maximum atomic E-state index is 12.1. The van der Waals surface area contributed by atoms with E-state index in [0.29, 0.717) is 0 Å². The van der Waals surface area contributed by atoms with Crippen LogP contribution in [0.2, 0.25) is 0 Å². The minimum Gasteiger partial charge on any atom is -0.278 e. The van der Waals surface area contributed by atoms with Gasteiger partial charge >= 0.3 is 0 Å². The summed E-state index contributed by atoms with van der Waals surface area (Å²) in [5, 5.41) is 0. The molecule has 0 fully saturated rings. The Morgan fingerprint density at radius 3 is 1.84 bits per heavy atom. The van der Waals surface area contributed by atoms with Crippen LogP contribution in [0.5, 0.6) is 0 Å². The zero-order valence-corrected chi connectivity index (χ0v) is 11.3. The van der Waals surface area contributed by atoms with Crippen LogP contribution in [0.3, 0.4) is 0 Å². The van der Waals surface area contributed by atoms with Crippen molar-refractivity contribution in [3.63, 3.8) is 0 Å². The highest BCUT2D eigenvalue weighted by Gasteiger charge is 2.15. The Bertz CT molecular complexity index is 571. The van der Waals surface area contributed by atoms with E-state index in [9.17, 15) is 4.79 Å². The van der Waals surface area contributed by atoms with Gasteiger partial charge < -0.3 is 0 Å². The van der Waals surface area contributed by atoms with E-state index < -0.39 is 0 Å². The van der Waals surface area contributed by atoms with Crippen molar-refractivity contribution in [1.29, 1.82) is 0 Å². The summed E-state index contributed by atoms with van der Waals surface area (Å²) in [5.74, 6) is -0.129. The number of aryl methyl sites for hydroxylation is 2.